The van der Waals surface area contributed by atoms with Crippen molar-refractivity contribution in [3.8, 4) is 0 Å². The molecule has 2 atom stereocenters. The molecule has 0 amide bonds. The van der Waals surface area contributed by atoms with E-state index in [9.17, 15) is 4.79 Å². The highest BCUT2D eigenvalue weighted by molar-refractivity contribution is 9.10. The van der Waals surface area contributed by atoms with Crippen LogP contribution < -0.4 is 16.2 Å². The van der Waals surface area contributed by atoms with E-state index in [2.05, 4.69) is 38.6 Å². The Morgan fingerprint density at radius 3 is 2.95 bits per heavy atom. The van der Waals surface area contributed by atoms with Gasteiger partial charge < -0.3 is 10.6 Å². The summed E-state index contributed by atoms with van der Waals surface area (Å²) in [5.41, 5.74) is 0.791. The van der Waals surface area contributed by atoms with Crippen LogP contribution in [0.1, 0.15) is 19.8 Å². The Morgan fingerprint density at radius 1 is 1.53 bits per heavy atom. The number of fused-ring (bicyclic) bond motifs is 1. The molecule has 0 aromatic carbocycles. The Hall–Kier alpha value is -0.880. The summed E-state index contributed by atoms with van der Waals surface area (Å²) in [5.74, 6) is 1.43. The zero-order chi connectivity index (χ0) is 13.4. The van der Waals surface area contributed by atoms with Crippen molar-refractivity contribution in [1.29, 1.82) is 0 Å². The van der Waals surface area contributed by atoms with Crippen molar-refractivity contribution >= 4 is 21.6 Å². The highest BCUT2D eigenvalue weighted by Gasteiger charge is 2.53. The lowest BCUT2D eigenvalue weighted by Gasteiger charge is -2.11. The lowest BCUT2D eigenvalue weighted by Crippen LogP contribution is -2.26. The Balaban J connectivity index is 1.72. The normalized spacial score (nSPS) is 28.2. The smallest absolute Gasteiger partial charge is 0.283 e. The van der Waals surface area contributed by atoms with Crippen molar-refractivity contribution < 1.29 is 0 Å². The van der Waals surface area contributed by atoms with Crippen LogP contribution in [0.4, 0.5) is 5.69 Å². The topological polar surface area (TPSA) is 59.0 Å². The molecule has 1 aromatic rings. The number of halogens is 1. The monoisotopic (exact) mass is 326 g/mol. The molecule has 1 aliphatic heterocycles. The van der Waals surface area contributed by atoms with E-state index in [1.807, 2.05) is 0 Å². The van der Waals surface area contributed by atoms with Crippen LogP contribution in [-0.4, -0.2) is 28.9 Å². The minimum atomic E-state index is -0.0395. The third-order valence-corrected chi connectivity index (χ3v) is 4.89. The summed E-state index contributed by atoms with van der Waals surface area (Å²) in [5, 5.41) is 11.1. The van der Waals surface area contributed by atoms with Gasteiger partial charge in [0.15, 0.2) is 0 Å². The third kappa shape index (κ3) is 2.43. The van der Waals surface area contributed by atoms with Gasteiger partial charge in [-0.3, -0.25) is 4.79 Å². The molecule has 0 bridgehead atoms. The van der Waals surface area contributed by atoms with E-state index in [1.165, 1.54) is 4.68 Å². The molecule has 2 heterocycles. The van der Waals surface area contributed by atoms with Gasteiger partial charge in [-0.25, -0.2) is 4.68 Å². The van der Waals surface area contributed by atoms with Crippen LogP contribution in [0.25, 0.3) is 0 Å². The van der Waals surface area contributed by atoms with Gasteiger partial charge in [0, 0.05) is 25.7 Å². The second-order valence-corrected chi connectivity index (χ2v) is 6.20. The summed E-state index contributed by atoms with van der Waals surface area (Å²) < 4.78 is 2.14. The highest BCUT2D eigenvalue weighted by Crippen LogP contribution is 2.44. The largest absolute Gasteiger partial charge is 0.379 e. The summed E-state index contributed by atoms with van der Waals surface area (Å²) in [6.45, 7) is 4.96. The standard InChI is InChI=1S/C13H19BrN4O/c1-2-3-4-18-13(19)11(14)10(7-16-18)17-12-8-5-15-6-9(8)12/h7-9,12,15,17H,2-6H2,1H3. The quantitative estimate of drug-likeness (QED) is 0.859. The fourth-order valence-corrected chi connectivity index (χ4v) is 3.27. The van der Waals surface area contributed by atoms with Crippen molar-refractivity contribution in [3.63, 3.8) is 0 Å². The zero-order valence-corrected chi connectivity index (χ0v) is 12.6. The van der Waals surface area contributed by atoms with Crippen LogP contribution in [0, 0.1) is 11.8 Å². The molecule has 1 aromatic heterocycles. The van der Waals surface area contributed by atoms with Crippen molar-refractivity contribution in [2.45, 2.75) is 32.4 Å². The van der Waals surface area contributed by atoms with Crippen LogP contribution >= 0.6 is 15.9 Å². The first-order valence-electron chi connectivity index (χ1n) is 6.95. The first-order chi connectivity index (χ1) is 9.22. The van der Waals surface area contributed by atoms with Crippen LogP contribution in [0.15, 0.2) is 15.5 Å². The molecule has 6 heteroatoms. The van der Waals surface area contributed by atoms with Crippen LogP contribution in [0.5, 0.6) is 0 Å². The van der Waals surface area contributed by atoms with Gasteiger partial charge >= 0.3 is 0 Å². The fourth-order valence-electron chi connectivity index (χ4n) is 2.84. The number of nitrogens with one attached hydrogen (secondary N) is 2. The van der Waals surface area contributed by atoms with E-state index < -0.39 is 0 Å². The maximum absolute atomic E-state index is 12.1. The molecule has 104 valence electrons. The van der Waals surface area contributed by atoms with Gasteiger partial charge in [-0.05, 0) is 34.2 Å². The van der Waals surface area contributed by atoms with E-state index in [-0.39, 0.29) is 5.56 Å². The number of rotatable bonds is 5. The average molecular weight is 327 g/mol. The van der Waals surface area contributed by atoms with E-state index in [1.54, 1.807) is 6.20 Å². The predicted octanol–water partition coefficient (Wildman–Crippen LogP) is 1.44. The van der Waals surface area contributed by atoms with Gasteiger partial charge in [-0.2, -0.15) is 5.10 Å². The van der Waals surface area contributed by atoms with Gasteiger partial charge in [0.05, 0.1) is 11.9 Å². The molecule has 2 unspecified atom stereocenters. The van der Waals surface area contributed by atoms with Crippen molar-refractivity contribution in [1.82, 2.24) is 15.1 Å². The van der Waals surface area contributed by atoms with Gasteiger partial charge in [0.1, 0.15) is 4.47 Å². The van der Waals surface area contributed by atoms with Crippen molar-refractivity contribution in [2.75, 3.05) is 18.4 Å². The molecule has 19 heavy (non-hydrogen) atoms. The maximum Gasteiger partial charge on any atom is 0.283 e. The Bertz CT molecular complexity index is 520. The summed E-state index contributed by atoms with van der Waals surface area (Å²) in [6, 6.07) is 0.505. The first-order valence-corrected chi connectivity index (χ1v) is 7.74. The van der Waals surface area contributed by atoms with Crippen LogP contribution in [0.3, 0.4) is 0 Å². The molecular weight excluding hydrogens is 308 g/mol. The van der Waals surface area contributed by atoms with Gasteiger partial charge in [-0.15, -0.1) is 0 Å². The zero-order valence-electron chi connectivity index (χ0n) is 11.0. The second kappa shape index (κ2) is 5.25. The summed E-state index contributed by atoms with van der Waals surface area (Å²) >= 11 is 3.41. The number of anilines is 1. The number of aromatic nitrogens is 2. The molecular formula is C13H19BrN4O. The molecule has 2 fully saturated rings. The summed E-state index contributed by atoms with van der Waals surface area (Å²) in [4.78, 5) is 12.1. The minimum absolute atomic E-state index is 0.0395. The van der Waals surface area contributed by atoms with Crippen LogP contribution in [0.2, 0.25) is 0 Å². The minimum Gasteiger partial charge on any atom is -0.379 e. The number of hydrogen-bond donors (Lipinski definition) is 2. The molecule has 0 spiro atoms. The molecule has 1 saturated carbocycles. The lowest BCUT2D eigenvalue weighted by atomic mass is 10.3. The average Bonchev–Trinajstić information content (AvgIpc) is 2.86. The number of piperidine rings is 1. The van der Waals surface area contributed by atoms with Gasteiger partial charge in [0.2, 0.25) is 0 Å². The molecule has 2 N–H and O–H groups in total. The molecule has 5 nitrogen and oxygen atoms in total. The van der Waals surface area contributed by atoms with E-state index in [4.69, 9.17) is 0 Å². The molecule has 1 saturated heterocycles. The highest BCUT2D eigenvalue weighted by atomic mass is 79.9. The molecule has 0 radical (unpaired) electrons. The SMILES string of the molecule is CCCCn1ncc(NC2C3CNCC32)c(Br)c1=O. The number of nitrogens with zero attached hydrogens (tertiary/aromatic N) is 2. The van der Waals surface area contributed by atoms with Crippen LogP contribution in [-0.2, 0) is 6.54 Å². The van der Waals surface area contributed by atoms with Crippen molar-refractivity contribution in [2.24, 2.45) is 11.8 Å². The van der Waals surface area contributed by atoms with E-state index >= 15 is 0 Å². The number of aryl methyl sites for hydroxylation is 1. The van der Waals surface area contributed by atoms with E-state index in [0.29, 0.717) is 17.1 Å². The predicted molar refractivity (Wildman–Crippen MR) is 78.4 cm³/mol. The van der Waals surface area contributed by atoms with Gasteiger partial charge in [0.25, 0.3) is 5.56 Å². The van der Waals surface area contributed by atoms with Gasteiger partial charge in [-0.1, -0.05) is 13.3 Å². The summed E-state index contributed by atoms with van der Waals surface area (Å²) in [6.07, 6.45) is 3.80. The Labute approximate surface area is 120 Å². The molecule has 2 aliphatic rings. The Morgan fingerprint density at radius 2 is 2.26 bits per heavy atom. The van der Waals surface area contributed by atoms with Crippen molar-refractivity contribution in [3.05, 3.63) is 21.0 Å². The summed E-state index contributed by atoms with van der Waals surface area (Å²) in [7, 11) is 0. The molecule has 1 aliphatic carbocycles. The maximum atomic E-state index is 12.1. The lowest BCUT2D eigenvalue weighted by molar-refractivity contribution is 0.541. The number of unbranched alkanes of at least 4 members (excludes halogenated alkanes) is 1. The van der Waals surface area contributed by atoms with E-state index in [0.717, 1.165) is 43.5 Å². The fraction of sp³-hybridized carbons (Fsp3) is 0.692. The number of hydrogen-bond acceptors (Lipinski definition) is 4. The Kier molecular flexibility index (Phi) is 3.62. The third-order valence-electron chi connectivity index (χ3n) is 4.12. The molecule has 3 rings (SSSR count). The first kappa shape index (κ1) is 13.1. The second-order valence-electron chi connectivity index (χ2n) is 5.41.